The fraction of sp³-hybridized carbons (Fsp3) is 0.650. The van der Waals surface area contributed by atoms with Crippen LogP contribution in [0.2, 0.25) is 0 Å². The number of piperidine rings is 2. The summed E-state index contributed by atoms with van der Waals surface area (Å²) >= 11 is 0. The SMILES string of the molecule is O=C(NCCN1CCCCC1)c1ccc(CN2CCCCC2)cc1. The number of hydrogen-bond acceptors (Lipinski definition) is 3. The number of nitrogens with zero attached hydrogens (tertiary/aromatic N) is 2. The lowest BCUT2D eigenvalue weighted by Gasteiger charge is -2.26. The third kappa shape index (κ3) is 5.32. The smallest absolute Gasteiger partial charge is 0.251 e. The molecule has 4 nitrogen and oxygen atoms in total. The van der Waals surface area contributed by atoms with Gasteiger partial charge in [0.25, 0.3) is 5.91 Å². The maximum Gasteiger partial charge on any atom is 0.251 e. The molecule has 1 aromatic rings. The number of amides is 1. The summed E-state index contributed by atoms with van der Waals surface area (Å²) < 4.78 is 0. The molecule has 0 radical (unpaired) electrons. The van der Waals surface area contributed by atoms with Crippen LogP contribution in [-0.2, 0) is 6.54 Å². The van der Waals surface area contributed by atoms with Crippen LogP contribution < -0.4 is 5.32 Å². The third-order valence-corrected chi connectivity index (χ3v) is 5.23. The first kappa shape index (κ1) is 17.4. The van der Waals surface area contributed by atoms with E-state index in [0.717, 1.165) is 25.2 Å². The van der Waals surface area contributed by atoms with E-state index in [1.807, 2.05) is 12.1 Å². The first-order valence-corrected chi connectivity index (χ1v) is 9.63. The molecule has 0 bridgehead atoms. The van der Waals surface area contributed by atoms with Crippen LogP contribution in [0.5, 0.6) is 0 Å². The molecule has 0 spiro atoms. The fourth-order valence-electron chi connectivity index (χ4n) is 3.75. The highest BCUT2D eigenvalue weighted by molar-refractivity contribution is 5.94. The Balaban J connectivity index is 1.41. The monoisotopic (exact) mass is 329 g/mol. The summed E-state index contributed by atoms with van der Waals surface area (Å²) in [7, 11) is 0. The minimum absolute atomic E-state index is 0.0523. The van der Waals surface area contributed by atoms with E-state index >= 15 is 0 Å². The van der Waals surface area contributed by atoms with E-state index in [1.54, 1.807) is 0 Å². The van der Waals surface area contributed by atoms with Crippen LogP contribution in [0.4, 0.5) is 0 Å². The average molecular weight is 329 g/mol. The summed E-state index contributed by atoms with van der Waals surface area (Å²) in [5, 5.41) is 3.06. The number of carbonyl (C=O) groups is 1. The summed E-state index contributed by atoms with van der Waals surface area (Å²) in [6.07, 6.45) is 7.95. The van der Waals surface area contributed by atoms with Crippen LogP contribution in [0, 0.1) is 0 Å². The topological polar surface area (TPSA) is 35.6 Å². The molecule has 1 aromatic carbocycles. The van der Waals surface area contributed by atoms with Crippen molar-refractivity contribution in [3.63, 3.8) is 0 Å². The van der Waals surface area contributed by atoms with Crippen molar-refractivity contribution in [3.05, 3.63) is 35.4 Å². The highest BCUT2D eigenvalue weighted by Gasteiger charge is 2.12. The van der Waals surface area contributed by atoms with Crippen molar-refractivity contribution in [1.29, 1.82) is 0 Å². The molecule has 132 valence electrons. The van der Waals surface area contributed by atoms with Crippen LogP contribution >= 0.6 is 0 Å². The molecule has 0 aliphatic carbocycles. The lowest BCUT2D eigenvalue weighted by molar-refractivity contribution is 0.0946. The molecule has 24 heavy (non-hydrogen) atoms. The summed E-state index contributed by atoms with van der Waals surface area (Å²) in [4.78, 5) is 17.2. The van der Waals surface area contributed by atoms with Crippen LogP contribution in [0.3, 0.4) is 0 Å². The van der Waals surface area contributed by atoms with Gasteiger partial charge in [-0.1, -0.05) is 25.0 Å². The number of nitrogens with one attached hydrogen (secondary N) is 1. The normalized spacial score (nSPS) is 20.0. The molecule has 3 rings (SSSR count). The van der Waals surface area contributed by atoms with E-state index in [0.29, 0.717) is 0 Å². The molecule has 2 heterocycles. The molecule has 2 aliphatic rings. The first-order valence-electron chi connectivity index (χ1n) is 9.63. The van der Waals surface area contributed by atoms with Crippen molar-refractivity contribution in [2.75, 3.05) is 39.3 Å². The van der Waals surface area contributed by atoms with Gasteiger partial charge in [-0.05, 0) is 69.6 Å². The molecule has 1 N–H and O–H groups in total. The van der Waals surface area contributed by atoms with Gasteiger partial charge >= 0.3 is 0 Å². The standard InChI is InChI=1S/C20H31N3O/c24-20(21-11-16-22-12-3-1-4-13-22)19-9-7-18(8-10-19)17-23-14-5-2-6-15-23/h7-10H,1-6,11-17H2,(H,21,24). The quantitative estimate of drug-likeness (QED) is 0.872. The number of benzene rings is 1. The Hall–Kier alpha value is -1.39. The molecular weight excluding hydrogens is 298 g/mol. The lowest BCUT2D eigenvalue weighted by atomic mass is 10.1. The van der Waals surface area contributed by atoms with Crippen LogP contribution in [0.1, 0.15) is 54.4 Å². The zero-order chi connectivity index (χ0) is 16.6. The van der Waals surface area contributed by atoms with E-state index in [9.17, 15) is 4.79 Å². The average Bonchev–Trinajstić information content (AvgIpc) is 2.64. The zero-order valence-corrected chi connectivity index (χ0v) is 14.8. The van der Waals surface area contributed by atoms with Crippen LogP contribution in [0.15, 0.2) is 24.3 Å². The Morgan fingerprint density at radius 1 is 0.833 bits per heavy atom. The largest absolute Gasteiger partial charge is 0.351 e. The Bertz CT molecular complexity index is 502. The molecule has 4 heteroatoms. The third-order valence-electron chi connectivity index (χ3n) is 5.23. The Kier molecular flexibility index (Phi) is 6.67. The predicted octanol–water partition coefficient (Wildman–Crippen LogP) is 2.89. The van der Waals surface area contributed by atoms with E-state index in [-0.39, 0.29) is 5.91 Å². The Morgan fingerprint density at radius 3 is 2.04 bits per heavy atom. The van der Waals surface area contributed by atoms with Crippen molar-refractivity contribution >= 4 is 5.91 Å². The number of hydrogen-bond donors (Lipinski definition) is 1. The second kappa shape index (κ2) is 9.19. The highest BCUT2D eigenvalue weighted by atomic mass is 16.1. The summed E-state index contributed by atoms with van der Waals surface area (Å²) in [6, 6.07) is 8.15. The molecule has 0 unspecified atom stereocenters. The van der Waals surface area contributed by atoms with Gasteiger partial charge in [0.15, 0.2) is 0 Å². The van der Waals surface area contributed by atoms with Crippen molar-refractivity contribution in [3.8, 4) is 0 Å². The molecule has 0 aromatic heterocycles. The first-order chi connectivity index (χ1) is 11.8. The molecular formula is C20H31N3O. The Labute approximate surface area is 146 Å². The Morgan fingerprint density at radius 2 is 1.42 bits per heavy atom. The van der Waals surface area contributed by atoms with E-state index in [2.05, 4.69) is 27.2 Å². The van der Waals surface area contributed by atoms with Gasteiger partial charge < -0.3 is 10.2 Å². The van der Waals surface area contributed by atoms with Gasteiger partial charge in [0.05, 0.1) is 0 Å². The maximum atomic E-state index is 12.2. The van der Waals surface area contributed by atoms with Gasteiger partial charge in [0.1, 0.15) is 0 Å². The molecule has 2 fully saturated rings. The van der Waals surface area contributed by atoms with E-state index < -0.39 is 0 Å². The number of carbonyl (C=O) groups excluding carboxylic acids is 1. The number of rotatable bonds is 6. The molecule has 1 amide bonds. The second-order valence-corrected chi connectivity index (χ2v) is 7.19. The van der Waals surface area contributed by atoms with E-state index in [1.165, 1.54) is 70.3 Å². The van der Waals surface area contributed by atoms with E-state index in [4.69, 9.17) is 0 Å². The highest BCUT2D eigenvalue weighted by Crippen LogP contribution is 2.13. The molecule has 0 atom stereocenters. The minimum atomic E-state index is 0.0523. The molecule has 0 saturated carbocycles. The molecule has 2 saturated heterocycles. The lowest BCUT2D eigenvalue weighted by Crippen LogP contribution is -2.37. The van der Waals surface area contributed by atoms with Gasteiger partial charge in [0, 0.05) is 25.2 Å². The van der Waals surface area contributed by atoms with Crippen molar-refractivity contribution in [2.24, 2.45) is 0 Å². The summed E-state index contributed by atoms with van der Waals surface area (Å²) in [5.74, 6) is 0.0523. The summed E-state index contributed by atoms with van der Waals surface area (Å²) in [6.45, 7) is 7.50. The predicted molar refractivity (Wildman–Crippen MR) is 98.2 cm³/mol. The minimum Gasteiger partial charge on any atom is -0.351 e. The second-order valence-electron chi connectivity index (χ2n) is 7.19. The van der Waals surface area contributed by atoms with Gasteiger partial charge in [-0.2, -0.15) is 0 Å². The van der Waals surface area contributed by atoms with Gasteiger partial charge in [-0.25, -0.2) is 0 Å². The zero-order valence-electron chi connectivity index (χ0n) is 14.8. The fourth-order valence-corrected chi connectivity index (χ4v) is 3.75. The summed E-state index contributed by atoms with van der Waals surface area (Å²) in [5.41, 5.74) is 2.08. The van der Waals surface area contributed by atoms with Crippen molar-refractivity contribution in [2.45, 2.75) is 45.1 Å². The number of likely N-dealkylation sites (tertiary alicyclic amines) is 2. The van der Waals surface area contributed by atoms with Crippen molar-refractivity contribution in [1.82, 2.24) is 15.1 Å². The molecule has 2 aliphatic heterocycles. The van der Waals surface area contributed by atoms with Crippen LogP contribution in [-0.4, -0.2) is 55.0 Å². The van der Waals surface area contributed by atoms with Gasteiger partial charge in [0.2, 0.25) is 0 Å². The van der Waals surface area contributed by atoms with Crippen LogP contribution in [0.25, 0.3) is 0 Å². The van der Waals surface area contributed by atoms with Gasteiger partial charge in [-0.15, -0.1) is 0 Å². The van der Waals surface area contributed by atoms with Crippen molar-refractivity contribution < 1.29 is 4.79 Å². The maximum absolute atomic E-state index is 12.2. The van der Waals surface area contributed by atoms with Gasteiger partial charge in [-0.3, -0.25) is 9.69 Å².